The number of anilines is 1. The molecular formula is C18H21F2N3O5. The van der Waals surface area contributed by atoms with Gasteiger partial charge in [-0.3, -0.25) is 9.59 Å². The number of halogens is 2. The number of imide groups is 1. The summed E-state index contributed by atoms with van der Waals surface area (Å²) in [4.78, 5) is 48.2. The molecule has 4 amide bonds. The van der Waals surface area contributed by atoms with Crippen LogP contribution in [0.2, 0.25) is 0 Å². The summed E-state index contributed by atoms with van der Waals surface area (Å²) in [6, 6.07) is -0.565. The lowest BCUT2D eigenvalue weighted by Crippen LogP contribution is -2.42. The Balaban J connectivity index is 1.98. The molecule has 152 valence electrons. The van der Waals surface area contributed by atoms with Gasteiger partial charge in [-0.25, -0.2) is 23.3 Å². The zero-order valence-electron chi connectivity index (χ0n) is 15.4. The van der Waals surface area contributed by atoms with E-state index >= 15 is 0 Å². The highest BCUT2D eigenvalue weighted by Gasteiger charge is 2.40. The summed E-state index contributed by atoms with van der Waals surface area (Å²) < 4.78 is 26.9. The third-order valence-electron chi connectivity index (χ3n) is 4.17. The van der Waals surface area contributed by atoms with Crippen molar-refractivity contribution in [3.05, 3.63) is 29.8 Å². The van der Waals surface area contributed by atoms with Crippen LogP contribution in [0.1, 0.15) is 33.1 Å². The Hall–Kier alpha value is -3.04. The standard InChI is InChI=1S/C18H21F2N3O5/c1-9(2)7-13(17(26)27)21-15(24)6-4-12-16(25)23(18(28)22-12)14-5-3-10(19)8-11(14)20/h3,5,8-9,12-13H,4,6-7H2,1-2H3,(H,21,24)(H,22,28)(H,26,27)/t12-,13-/m1/s1. The van der Waals surface area contributed by atoms with E-state index in [9.17, 15) is 28.0 Å². The van der Waals surface area contributed by atoms with E-state index in [1.54, 1.807) is 0 Å². The van der Waals surface area contributed by atoms with Gasteiger partial charge >= 0.3 is 12.0 Å². The molecule has 8 nitrogen and oxygen atoms in total. The predicted octanol–water partition coefficient (Wildman–Crippen LogP) is 1.79. The molecule has 0 unspecified atom stereocenters. The zero-order valence-corrected chi connectivity index (χ0v) is 15.4. The molecule has 0 bridgehead atoms. The SMILES string of the molecule is CC(C)C[C@@H](NC(=O)CC[C@H]1NC(=O)N(c2ccc(F)cc2F)C1=O)C(=O)O. The average Bonchev–Trinajstić information content (AvgIpc) is 2.86. The van der Waals surface area contributed by atoms with E-state index in [0.29, 0.717) is 11.0 Å². The van der Waals surface area contributed by atoms with Crippen LogP contribution >= 0.6 is 0 Å². The first-order valence-corrected chi connectivity index (χ1v) is 8.71. The van der Waals surface area contributed by atoms with Crippen molar-refractivity contribution in [1.82, 2.24) is 10.6 Å². The number of hydrogen-bond acceptors (Lipinski definition) is 4. The summed E-state index contributed by atoms with van der Waals surface area (Å²) in [6.07, 6.45) is -0.0557. The van der Waals surface area contributed by atoms with Gasteiger partial charge < -0.3 is 15.7 Å². The first-order chi connectivity index (χ1) is 13.1. The van der Waals surface area contributed by atoms with Crippen molar-refractivity contribution in [3.8, 4) is 0 Å². The molecule has 1 aliphatic heterocycles. The molecule has 0 aromatic heterocycles. The minimum atomic E-state index is -1.16. The van der Waals surface area contributed by atoms with Gasteiger partial charge in [0.2, 0.25) is 5.91 Å². The van der Waals surface area contributed by atoms with E-state index < -0.39 is 53.2 Å². The van der Waals surface area contributed by atoms with E-state index in [0.717, 1.165) is 12.1 Å². The number of nitrogens with zero attached hydrogens (tertiary/aromatic N) is 1. The first-order valence-electron chi connectivity index (χ1n) is 8.71. The number of carbonyl (C=O) groups is 4. The van der Waals surface area contributed by atoms with Crippen molar-refractivity contribution in [3.63, 3.8) is 0 Å². The van der Waals surface area contributed by atoms with E-state index in [-0.39, 0.29) is 25.2 Å². The molecule has 0 spiro atoms. The van der Waals surface area contributed by atoms with Crippen LogP contribution < -0.4 is 15.5 Å². The van der Waals surface area contributed by atoms with Gasteiger partial charge in [0.05, 0.1) is 5.69 Å². The minimum Gasteiger partial charge on any atom is -0.480 e. The number of nitrogens with one attached hydrogen (secondary N) is 2. The van der Waals surface area contributed by atoms with Gasteiger partial charge in [-0.1, -0.05) is 13.8 Å². The molecule has 2 atom stereocenters. The van der Waals surface area contributed by atoms with Crippen molar-refractivity contribution < 1.29 is 33.1 Å². The lowest BCUT2D eigenvalue weighted by atomic mass is 10.0. The summed E-state index contributed by atoms with van der Waals surface area (Å²) in [7, 11) is 0. The Labute approximate surface area is 159 Å². The van der Waals surface area contributed by atoms with E-state index in [1.165, 1.54) is 0 Å². The molecule has 1 fully saturated rings. The van der Waals surface area contributed by atoms with Gasteiger partial charge in [-0.05, 0) is 30.9 Å². The number of hydrogen-bond donors (Lipinski definition) is 3. The molecule has 0 radical (unpaired) electrons. The molecule has 1 aromatic rings. The summed E-state index contributed by atoms with van der Waals surface area (Å²) in [5.41, 5.74) is -0.390. The summed E-state index contributed by atoms with van der Waals surface area (Å²) in [5, 5.41) is 13.9. The van der Waals surface area contributed by atoms with Gasteiger partial charge in [0, 0.05) is 12.5 Å². The van der Waals surface area contributed by atoms with Crippen molar-refractivity contribution in [2.45, 2.75) is 45.2 Å². The smallest absolute Gasteiger partial charge is 0.329 e. The van der Waals surface area contributed by atoms with Crippen LogP contribution in [0.15, 0.2) is 18.2 Å². The van der Waals surface area contributed by atoms with Gasteiger partial charge in [0.25, 0.3) is 5.91 Å². The van der Waals surface area contributed by atoms with Gasteiger partial charge in [0.1, 0.15) is 23.7 Å². The highest BCUT2D eigenvalue weighted by Crippen LogP contribution is 2.25. The zero-order chi connectivity index (χ0) is 21.0. The molecule has 1 aliphatic rings. The number of rotatable bonds is 8. The Morgan fingerprint density at radius 2 is 1.96 bits per heavy atom. The van der Waals surface area contributed by atoms with Crippen molar-refractivity contribution in [2.75, 3.05) is 4.90 Å². The van der Waals surface area contributed by atoms with Crippen LogP contribution in [0.3, 0.4) is 0 Å². The fraction of sp³-hybridized carbons (Fsp3) is 0.444. The molecule has 0 saturated carbocycles. The number of carboxylic acid groups (broad SMARTS) is 1. The largest absolute Gasteiger partial charge is 0.480 e. The summed E-state index contributed by atoms with van der Waals surface area (Å²) >= 11 is 0. The topological polar surface area (TPSA) is 116 Å². The van der Waals surface area contributed by atoms with Crippen molar-refractivity contribution >= 4 is 29.5 Å². The normalized spacial score (nSPS) is 17.6. The van der Waals surface area contributed by atoms with E-state index in [1.807, 2.05) is 13.8 Å². The van der Waals surface area contributed by atoms with Crippen LogP contribution in [0, 0.1) is 17.6 Å². The molecule has 28 heavy (non-hydrogen) atoms. The first kappa shape index (κ1) is 21.3. The number of carbonyl (C=O) groups excluding carboxylic acids is 3. The van der Waals surface area contributed by atoms with Crippen LogP contribution in [0.5, 0.6) is 0 Å². The Bertz CT molecular complexity index is 799. The number of carboxylic acids is 1. The molecule has 2 rings (SSSR count). The van der Waals surface area contributed by atoms with Crippen molar-refractivity contribution in [2.24, 2.45) is 5.92 Å². The second kappa shape index (κ2) is 8.77. The summed E-state index contributed by atoms with van der Waals surface area (Å²) in [6.45, 7) is 3.63. The van der Waals surface area contributed by atoms with E-state index in [2.05, 4.69) is 10.6 Å². The minimum absolute atomic E-state index is 0.0521. The second-order valence-corrected chi connectivity index (χ2v) is 6.90. The highest BCUT2D eigenvalue weighted by atomic mass is 19.1. The molecule has 3 N–H and O–H groups in total. The maximum absolute atomic E-state index is 13.9. The third kappa shape index (κ3) is 5.02. The Kier molecular flexibility index (Phi) is 6.66. The van der Waals surface area contributed by atoms with Crippen LogP contribution in [0.4, 0.5) is 19.3 Å². The number of urea groups is 1. The van der Waals surface area contributed by atoms with Crippen LogP contribution in [-0.2, 0) is 14.4 Å². The quantitative estimate of drug-likeness (QED) is 0.579. The number of aliphatic carboxylic acids is 1. The fourth-order valence-electron chi connectivity index (χ4n) is 2.85. The number of benzene rings is 1. The Morgan fingerprint density at radius 1 is 1.29 bits per heavy atom. The molecule has 0 aliphatic carbocycles. The third-order valence-corrected chi connectivity index (χ3v) is 4.17. The lowest BCUT2D eigenvalue weighted by molar-refractivity contribution is -0.142. The molecule has 10 heteroatoms. The lowest BCUT2D eigenvalue weighted by Gasteiger charge is -2.17. The predicted molar refractivity (Wildman–Crippen MR) is 94.4 cm³/mol. The molecule has 1 saturated heterocycles. The van der Waals surface area contributed by atoms with E-state index in [4.69, 9.17) is 5.11 Å². The van der Waals surface area contributed by atoms with Gasteiger partial charge in [-0.15, -0.1) is 0 Å². The number of amides is 4. The van der Waals surface area contributed by atoms with Crippen molar-refractivity contribution in [1.29, 1.82) is 0 Å². The Morgan fingerprint density at radius 3 is 2.54 bits per heavy atom. The van der Waals surface area contributed by atoms with Gasteiger partial charge in [-0.2, -0.15) is 0 Å². The second-order valence-electron chi connectivity index (χ2n) is 6.90. The van der Waals surface area contributed by atoms with Crippen LogP contribution in [0.25, 0.3) is 0 Å². The fourth-order valence-corrected chi connectivity index (χ4v) is 2.85. The molecule has 1 heterocycles. The maximum Gasteiger partial charge on any atom is 0.329 e. The average molecular weight is 397 g/mol. The highest BCUT2D eigenvalue weighted by molar-refractivity contribution is 6.21. The molecular weight excluding hydrogens is 376 g/mol. The van der Waals surface area contributed by atoms with Gasteiger partial charge in [0.15, 0.2) is 0 Å². The maximum atomic E-state index is 13.9. The molecule has 1 aromatic carbocycles. The monoisotopic (exact) mass is 397 g/mol. The van der Waals surface area contributed by atoms with Crippen LogP contribution in [-0.4, -0.2) is 41.0 Å². The summed E-state index contributed by atoms with van der Waals surface area (Å²) in [5.74, 6) is -4.39.